The van der Waals surface area contributed by atoms with E-state index in [2.05, 4.69) is 24.8 Å². The molecule has 1 fully saturated rings. The van der Waals surface area contributed by atoms with Gasteiger partial charge < -0.3 is 14.2 Å². The van der Waals surface area contributed by atoms with Gasteiger partial charge in [-0.2, -0.15) is 4.98 Å². The number of halogens is 3. The number of aromatic nitrogens is 4. The van der Waals surface area contributed by atoms with Crippen LogP contribution in [0.2, 0.25) is 0 Å². The molecule has 0 aliphatic carbocycles. The van der Waals surface area contributed by atoms with Gasteiger partial charge in [0.1, 0.15) is 5.75 Å². The van der Waals surface area contributed by atoms with Crippen molar-refractivity contribution in [3.8, 4) is 17.4 Å². The summed E-state index contributed by atoms with van der Waals surface area (Å²) in [5.74, 6) is 0.168. The lowest BCUT2D eigenvalue weighted by atomic mass is 9.99. The molecule has 1 saturated heterocycles. The third-order valence-electron chi connectivity index (χ3n) is 4.06. The second-order valence-electron chi connectivity index (χ2n) is 6.01. The Labute approximate surface area is 156 Å². The van der Waals surface area contributed by atoms with Crippen LogP contribution in [0, 0.1) is 0 Å². The molecule has 8 nitrogen and oxygen atoms in total. The second kappa shape index (κ2) is 6.91. The normalized spacial score (nSPS) is 14.6. The number of likely N-dealkylation sites (tertiary alicyclic amines) is 1. The molecular formula is C17H12F3N5O3. The molecule has 0 radical (unpaired) electrons. The molecule has 1 aliphatic heterocycles. The molecule has 4 rings (SSSR count). The van der Waals surface area contributed by atoms with E-state index in [1.807, 2.05) is 0 Å². The van der Waals surface area contributed by atoms with Gasteiger partial charge in [-0.15, -0.1) is 13.2 Å². The Morgan fingerprint density at radius 1 is 1.11 bits per heavy atom. The first kappa shape index (κ1) is 17.9. The van der Waals surface area contributed by atoms with Gasteiger partial charge in [0.15, 0.2) is 0 Å². The van der Waals surface area contributed by atoms with E-state index in [0.717, 1.165) is 12.1 Å². The number of benzene rings is 1. The third kappa shape index (κ3) is 3.77. The van der Waals surface area contributed by atoms with E-state index in [1.54, 1.807) is 18.5 Å². The summed E-state index contributed by atoms with van der Waals surface area (Å²) in [6.07, 6.45) is -1.65. The summed E-state index contributed by atoms with van der Waals surface area (Å²) < 4.78 is 45.5. The summed E-state index contributed by atoms with van der Waals surface area (Å²) in [7, 11) is 0. The zero-order valence-electron chi connectivity index (χ0n) is 14.1. The maximum Gasteiger partial charge on any atom is 0.573 e. The zero-order valence-corrected chi connectivity index (χ0v) is 14.1. The van der Waals surface area contributed by atoms with E-state index in [0.29, 0.717) is 24.8 Å². The van der Waals surface area contributed by atoms with Crippen molar-refractivity contribution in [3.05, 3.63) is 54.2 Å². The Morgan fingerprint density at radius 2 is 1.79 bits per heavy atom. The van der Waals surface area contributed by atoms with E-state index in [9.17, 15) is 18.0 Å². The molecule has 0 unspecified atom stereocenters. The number of nitrogens with zero attached hydrogens (tertiary/aromatic N) is 5. The van der Waals surface area contributed by atoms with Crippen LogP contribution in [0.5, 0.6) is 5.75 Å². The van der Waals surface area contributed by atoms with Crippen LogP contribution in [0.4, 0.5) is 13.2 Å². The Hall–Kier alpha value is -3.50. The van der Waals surface area contributed by atoms with E-state index >= 15 is 0 Å². The molecule has 11 heteroatoms. The Bertz CT molecular complexity index is 970. The minimum Gasteiger partial charge on any atom is -0.406 e. The quantitative estimate of drug-likeness (QED) is 0.675. The first-order valence-corrected chi connectivity index (χ1v) is 8.15. The van der Waals surface area contributed by atoms with Gasteiger partial charge in [-0.3, -0.25) is 4.79 Å². The van der Waals surface area contributed by atoms with Gasteiger partial charge in [-0.1, -0.05) is 5.16 Å². The van der Waals surface area contributed by atoms with Crippen LogP contribution in [0.25, 0.3) is 11.6 Å². The summed E-state index contributed by atoms with van der Waals surface area (Å²) in [6.45, 7) is 0.716. The monoisotopic (exact) mass is 391 g/mol. The van der Waals surface area contributed by atoms with Crippen LogP contribution in [0.3, 0.4) is 0 Å². The number of rotatable bonds is 4. The Kier molecular flexibility index (Phi) is 4.41. The Balaban J connectivity index is 1.36. The van der Waals surface area contributed by atoms with Crippen molar-refractivity contribution in [2.24, 2.45) is 0 Å². The molecule has 0 saturated carbocycles. The summed E-state index contributed by atoms with van der Waals surface area (Å²) in [5, 5.41) is 3.84. The van der Waals surface area contributed by atoms with Gasteiger partial charge in [0.2, 0.25) is 17.5 Å². The van der Waals surface area contributed by atoms with Crippen LogP contribution in [0.1, 0.15) is 22.2 Å². The number of hydrogen-bond donors (Lipinski definition) is 0. The summed E-state index contributed by atoms with van der Waals surface area (Å²) in [5.41, 5.74) is 0.261. The van der Waals surface area contributed by atoms with Crippen molar-refractivity contribution < 1.29 is 27.2 Å². The lowest BCUT2D eigenvalue weighted by molar-refractivity contribution is -0.274. The molecule has 1 aliphatic rings. The van der Waals surface area contributed by atoms with E-state index in [-0.39, 0.29) is 29.0 Å². The fourth-order valence-electron chi connectivity index (χ4n) is 2.69. The summed E-state index contributed by atoms with van der Waals surface area (Å²) in [6, 6.07) is 6.44. The smallest absolute Gasteiger partial charge is 0.406 e. The molecule has 2 aromatic heterocycles. The first-order chi connectivity index (χ1) is 13.4. The average molecular weight is 391 g/mol. The molecule has 3 heterocycles. The molecular weight excluding hydrogens is 379 g/mol. The number of amides is 1. The van der Waals surface area contributed by atoms with Gasteiger partial charge in [-0.05, 0) is 30.3 Å². The predicted molar refractivity (Wildman–Crippen MR) is 87.1 cm³/mol. The average Bonchev–Trinajstić information content (AvgIpc) is 3.10. The number of alkyl halides is 3. The fraction of sp³-hybridized carbons (Fsp3) is 0.235. The minimum absolute atomic E-state index is 0.123. The molecule has 1 amide bonds. The molecule has 1 aromatic carbocycles. The van der Waals surface area contributed by atoms with E-state index in [1.165, 1.54) is 17.0 Å². The maximum atomic E-state index is 12.4. The third-order valence-corrected chi connectivity index (χ3v) is 4.06. The highest BCUT2D eigenvalue weighted by Gasteiger charge is 2.36. The molecule has 0 bridgehead atoms. The molecule has 3 aromatic rings. The summed E-state index contributed by atoms with van der Waals surface area (Å²) in [4.78, 5) is 26.3. The van der Waals surface area contributed by atoms with Crippen molar-refractivity contribution in [2.75, 3.05) is 13.1 Å². The van der Waals surface area contributed by atoms with Crippen LogP contribution in [-0.4, -0.2) is 50.4 Å². The first-order valence-electron chi connectivity index (χ1n) is 8.15. The van der Waals surface area contributed by atoms with Gasteiger partial charge >= 0.3 is 6.36 Å². The number of carbonyl (C=O) groups excluding carboxylic acids is 1. The van der Waals surface area contributed by atoms with Crippen molar-refractivity contribution in [1.29, 1.82) is 0 Å². The van der Waals surface area contributed by atoms with Gasteiger partial charge in [-0.25, -0.2) is 9.97 Å². The number of ether oxygens (including phenoxy) is 1. The van der Waals surface area contributed by atoms with E-state index in [4.69, 9.17) is 4.52 Å². The van der Waals surface area contributed by atoms with Crippen molar-refractivity contribution in [3.63, 3.8) is 0 Å². The lowest BCUT2D eigenvalue weighted by Crippen LogP contribution is -2.48. The number of carbonyl (C=O) groups is 1. The van der Waals surface area contributed by atoms with Crippen LogP contribution < -0.4 is 4.74 Å². The SMILES string of the molecule is O=C(c1ccc(OC(F)(F)F)cc1)N1CC(c2nc(-c3ncccn3)no2)C1. The lowest BCUT2D eigenvalue weighted by Gasteiger charge is -2.37. The number of hydrogen-bond acceptors (Lipinski definition) is 7. The largest absolute Gasteiger partial charge is 0.573 e. The topological polar surface area (TPSA) is 94.2 Å². The molecule has 144 valence electrons. The maximum absolute atomic E-state index is 12.4. The fourth-order valence-corrected chi connectivity index (χ4v) is 2.69. The van der Waals surface area contributed by atoms with E-state index < -0.39 is 6.36 Å². The highest BCUT2D eigenvalue weighted by molar-refractivity contribution is 5.95. The zero-order chi connectivity index (χ0) is 19.7. The second-order valence-corrected chi connectivity index (χ2v) is 6.01. The molecule has 0 spiro atoms. The van der Waals surface area contributed by atoms with Crippen molar-refractivity contribution in [1.82, 2.24) is 25.0 Å². The summed E-state index contributed by atoms with van der Waals surface area (Å²) >= 11 is 0. The minimum atomic E-state index is -4.77. The highest BCUT2D eigenvalue weighted by Crippen LogP contribution is 2.29. The van der Waals surface area contributed by atoms with Crippen LogP contribution >= 0.6 is 0 Å². The molecule has 28 heavy (non-hydrogen) atoms. The van der Waals surface area contributed by atoms with Crippen LogP contribution in [-0.2, 0) is 0 Å². The van der Waals surface area contributed by atoms with Crippen LogP contribution in [0.15, 0.2) is 47.2 Å². The van der Waals surface area contributed by atoms with Crippen molar-refractivity contribution >= 4 is 5.91 Å². The molecule has 0 N–H and O–H groups in total. The van der Waals surface area contributed by atoms with Gasteiger partial charge in [0.25, 0.3) is 5.91 Å². The Morgan fingerprint density at radius 3 is 2.43 bits per heavy atom. The van der Waals surface area contributed by atoms with Crippen molar-refractivity contribution in [2.45, 2.75) is 12.3 Å². The standard InChI is InChI=1S/C17H12F3N5O3/c18-17(19,20)27-12-4-2-10(3-5-12)16(26)25-8-11(9-25)15-23-14(24-28-15)13-21-6-1-7-22-13/h1-7,11H,8-9H2. The van der Waals surface area contributed by atoms with Gasteiger partial charge in [0.05, 0.1) is 5.92 Å². The highest BCUT2D eigenvalue weighted by atomic mass is 19.4. The predicted octanol–water partition coefficient (Wildman–Crippen LogP) is 2.66. The van der Waals surface area contributed by atoms with Gasteiger partial charge in [0, 0.05) is 31.0 Å². The molecule has 0 atom stereocenters.